The molecular formula is C26H28N6O4. The number of nitrogens with zero attached hydrogens (tertiary/aromatic N) is 3. The van der Waals surface area contributed by atoms with Gasteiger partial charge in [0, 0.05) is 35.5 Å². The van der Waals surface area contributed by atoms with Crippen LogP contribution in [0.2, 0.25) is 0 Å². The van der Waals surface area contributed by atoms with E-state index in [1.165, 1.54) is 0 Å². The van der Waals surface area contributed by atoms with Gasteiger partial charge in [0.05, 0.1) is 5.69 Å². The molecule has 0 spiro atoms. The second kappa shape index (κ2) is 9.03. The Labute approximate surface area is 208 Å². The third kappa shape index (κ3) is 5.17. The number of urea groups is 1. The molecule has 36 heavy (non-hydrogen) atoms. The molecule has 0 radical (unpaired) electrons. The van der Waals surface area contributed by atoms with Crippen LogP contribution in [-0.2, 0) is 5.41 Å². The molecule has 186 valence electrons. The summed E-state index contributed by atoms with van der Waals surface area (Å²) in [4.78, 5) is 29.4. The molecule has 4 aromatic rings. The number of fused-ring (bicyclic) bond motifs is 1. The van der Waals surface area contributed by atoms with Gasteiger partial charge in [-0.15, -0.1) is 0 Å². The number of aryl methyl sites for hydroxylation is 1. The van der Waals surface area contributed by atoms with E-state index in [0.29, 0.717) is 45.8 Å². The lowest BCUT2D eigenvalue weighted by atomic mass is 9.93. The van der Waals surface area contributed by atoms with Crippen LogP contribution < -0.4 is 20.7 Å². The van der Waals surface area contributed by atoms with Crippen LogP contribution in [0, 0.1) is 6.92 Å². The van der Waals surface area contributed by atoms with Gasteiger partial charge in [0.2, 0.25) is 0 Å². The highest BCUT2D eigenvalue weighted by molar-refractivity contribution is 5.99. The molecule has 3 heterocycles. The zero-order valence-corrected chi connectivity index (χ0v) is 20.6. The van der Waals surface area contributed by atoms with E-state index in [0.717, 1.165) is 12.8 Å². The summed E-state index contributed by atoms with van der Waals surface area (Å²) >= 11 is 0. The van der Waals surface area contributed by atoms with Crippen molar-refractivity contribution < 1.29 is 18.8 Å². The van der Waals surface area contributed by atoms with E-state index in [9.17, 15) is 9.59 Å². The first-order valence-corrected chi connectivity index (χ1v) is 11.8. The highest BCUT2D eigenvalue weighted by atomic mass is 16.5. The van der Waals surface area contributed by atoms with Gasteiger partial charge in [-0.1, -0.05) is 25.9 Å². The van der Waals surface area contributed by atoms with E-state index in [4.69, 9.17) is 9.26 Å². The molecule has 3 amide bonds. The number of hydrogen-bond acceptors (Lipinski definition) is 6. The molecule has 10 nitrogen and oxygen atoms in total. The number of aromatic nitrogens is 3. The average molecular weight is 489 g/mol. The van der Waals surface area contributed by atoms with Crippen molar-refractivity contribution in [3.8, 4) is 11.5 Å². The summed E-state index contributed by atoms with van der Waals surface area (Å²) in [6, 6.07) is 12.1. The van der Waals surface area contributed by atoms with Gasteiger partial charge < -0.3 is 19.9 Å². The topological polar surface area (TPSA) is 123 Å². The number of anilines is 2. The summed E-state index contributed by atoms with van der Waals surface area (Å²) in [6.07, 6.45) is 3.83. The maximum atomic E-state index is 12.6. The second-order valence-electron chi connectivity index (χ2n) is 9.92. The van der Waals surface area contributed by atoms with Crippen molar-refractivity contribution in [1.29, 1.82) is 0 Å². The van der Waals surface area contributed by atoms with Crippen molar-refractivity contribution in [3.63, 3.8) is 0 Å². The SMILES string of the molecule is Cc1nc2cc(Oc3ccc(NC(=O)Nc4cc(C(C)(C)C)on4)cc3)ccn2c1C(=O)NC1CC1. The fourth-order valence-electron chi connectivity index (χ4n) is 3.67. The fraction of sp³-hybridized carbons (Fsp3) is 0.308. The van der Waals surface area contributed by atoms with E-state index in [1.807, 2.05) is 27.7 Å². The lowest BCUT2D eigenvalue weighted by Gasteiger charge is -2.12. The molecule has 0 aliphatic heterocycles. The van der Waals surface area contributed by atoms with Crippen molar-refractivity contribution in [3.05, 3.63) is 65.8 Å². The van der Waals surface area contributed by atoms with Crippen LogP contribution in [0.15, 0.2) is 53.2 Å². The monoisotopic (exact) mass is 488 g/mol. The molecule has 0 bridgehead atoms. The zero-order valence-electron chi connectivity index (χ0n) is 20.6. The standard InChI is InChI=1S/C26H28N6O4/c1-15-23(24(33)28-16-5-6-16)32-12-11-19(13-22(32)27-15)35-18-9-7-17(8-10-18)29-25(34)30-21-14-20(36-31-21)26(2,3)4/h7-14,16H,5-6H2,1-4H3,(H,28,33)(H2,29,30,31,34). The third-order valence-electron chi connectivity index (χ3n) is 5.74. The normalized spacial score (nSPS) is 13.4. The van der Waals surface area contributed by atoms with Gasteiger partial charge in [0.25, 0.3) is 5.91 Å². The number of carbonyl (C=O) groups excluding carboxylic acids is 2. The van der Waals surface area contributed by atoms with Crippen molar-refractivity contribution in [2.24, 2.45) is 0 Å². The van der Waals surface area contributed by atoms with Crippen LogP contribution in [0.1, 0.15) is 55.6 Å². The summed E-state index contributed by atoms with van der Waals surface area (Å²) in [7, 11) is 0. The van der Waals surface area contributed by atoms with Gasteiger partial charge >= 0.3 is 6.03 Å². The summed E-state index contributed by atoms with van der Waals surface area (Å²) in [6.45, 7) is 7.83. The Morgan fingerprint density at radius 1 is 1.06 bits per heavy atom. The number of hydrogen-bond donors (Lipinski definition) is 3. The Morgan fingerprint density at radius 2 is 1.81 bits per heavy atom. The molecule has 1 aliphatic carbocycles. The van der Waals surface area contributed by atoms with Crippen LogP contribution in [0.3, 0.4) is 0 Å². The molecule has 1 aliphatic rings. The number of imidazole rings is 1. The molecule has 3 aromatic heterocycles. The first-order chi connectivity index (χ1) is 17.2. The van der Waals surface area contributed by atoms with E-state index < -0.39 is 6.03 Å². The first kappa shape index (κ1) is 23.4. The number of nitrogens with one attached hydrogen (secondary N) is 3. The Morgan fingerprint density at radius 3 is 2.47 bits per heavy atom. The number of ether oxygens (including phenoxy) is 1. The van der Waals surface area contributed by atoms with Crippen molar-refractivity contribution in [2.45, 2.75) is 52.0 Å². The van der Waals surface area contributed by atoms with Crippen LogP contribution in [-0.4, -0.2) is 32.5 Å². The van der Waals surface area contributed by atoms with Crippen LogP contribution in [0.4, 0.5) is 16.3 Å². The fourth-order valence-corrected chi connectivity index (χ4v) is 3.67. The highest BCUT2D eigenvalue weighted by Crippen LogP contribution is 2.27. The zero-order chi connectivity index (χ0) is 25.4. The van der Waals surface area contributed by atoms with E-state index >= 15 is 0 Å². The Balaban J connectivity index is 1.21. The molecule has 0 unspecified atom stereocenters. The lowest BCUT2D eigenvalue weighted by molar-refractivity contribution is 0.0944. The summed E-state index contributed by atoms with van der Waals surface area (Å²) in [5.74, 6) is 2.09. The van der Waals surface area contributed by atoms with Crippen LogP contribution in [0.25, 0.3) is 5.65 Å². The van der Waals surface area contributed by atoms with Gasteiger partial charge in [-0.2, -0.15) is 0 Å². The quantitative estimate of drug-likeness (QED) is 0.340. The predicted molar refractivity (Wildman–Crippen MR) is 135 cm³/mol. The Kier molecular flexibility index (Phi) is 5.87. The maximum absolute atomic E-state index is 12.6. The molecule has 1 saturated carbocycles. The van der Waals surface area contributed by atoms with Gasteiger partial charge in [-0.25, -0.2) is 9.78 Å². The molecule has 1 fully saturated rings. The minimum atomic E-state index is -0.431. The average Bonchev–Trinajstić information content (AvgIpc) is 3.37. The van der Waals surface area contributed by atoms with Crippen LogP contribution in [0.5, 0.6) is 11.5 Å². The molecule has 1 aromatic carbocycles. The summed E-state index contributed by atoms with van der Waals surface area (Å²) in [5, 5.41) is 12.3. The van der Waals surface area contributed by atoms with Crippen molar-refractivity contribution >= 4 is 29.1 Å². The third-order valence-corrected chi connectivity index (χ3v) is 5.74. The molecule has 0 saturated heterocycles. The van der Waals surface area contributed by atoms with E-state index in [1.54, 1.807) is 53.1 Å². The predicted octanol–water partition coefficient (Wildman–Crippen LogP) is 5.26. The van der Waals surface area contributed by atoms with Gasteiger partial charge in [-0.3, -0.25) is 14.5 Å². The minimum Gasteiger partial charge on any atom is -0.457 e. The Hall–Kier alpha value is -4.34. The van der Waals surface area contributed by atoms with Gasteiger partial charge in [0.1, 0.15) is 28.6 Å². The summed E-state index contributed by atoms with van der Waals surface area (Å²) in [5.41, 5.74) is 2.22. The molecular weight excluding hydrogens is 460 g/mol. The molecule has 5 rings (SSSR count). The van der Waals surface area contributed by atoms with Crippen molar-refractivity contribution in [1.82, 2.24) is 19.9 Å². The van der Waals surface area contributed by atoms with Gasteiger partial charge in [-0.05, 0) is 50.1 Å². The van der Waals surface area contributed by atoms with E-state index in [-0.39, 0.29) is 17.4 Å². The van der Waals surface area contributed by atoms with Gasteiger partial charge in [0.15, 0.2) is 5.82 Å². The molecule has 0 atom stereocenters. The number of carbonyl (C=O) groups is 2. The number of rotatable bonds is 6. The van der Waals surface area contributed by atoms with E-state index in [2.05, 4.69) is 26.1 Å². The largest absolute Gasteiger partial charge is 0.457 e. The smallest absolute Gasteiger partial charge is 0.324 e. The number of benzene rings is 1. The second-order valence-corrected chi connectivity index (χ2v) is 9.92. The van der Waals surface area contributed by atoms with Crippen molar-refractivity contribution in [2.75, 3.05) is 10.6 Å². The number of amides is 3. The first-order valence-electron chi connectivity index (χ1n) is 11.8. The Bertz CT molecular complexity index is 1430. The number of pyridine rings is 1. The van der Waals surface area contributed by atoms with Crippen LogP contribution >= 0.6 is 0 Å². The maximum Gasteiger partial charge on any atom is 0.324 e. The minimum absolute atomic E-state index is 0.110. The lowest BCUT2D eigenvalue weighted by Crippen LogP contribution is -2.27. The summed E-state index contributed by atoms with van der Waals surface area (Å²) < 4.78 is 13.0. The highest BCUT2D eigenvalue weighted by Gasteiger charge is 2.26. The molecule has 3 N–H and O–H groups in total. The molecule has 10 heteroatoms.